The quantitative estimate of drug-likeness (QED) is 0.858. The first-order valence-electron chi connectivity index (χ1n) is 5.89. The Labute approximate surface area is 109 Å². The smallest absolute Gasteiger partial charge is 0.318 e. The highest BCUT2D eigenvalue weighted by atomic mass is 32.1. The van der Waals surface area contributed by atoms with E-state index >= 15 is 0 Å². The summed E-state index contributed by atoms with van der Waals surface area (Å²) in [4.78, 5) is 25.0. The van der Waals surface area contributed by atoms with Gasteiger partial charge in [0.2, 0.25) is 0 Å². The van der Waals surface area contributed by atoms with Crippen LogP contribution in [0, 0.1) is 6.92 Å². The van der Waals surface area contributed by atoms with Gasteiger partial charge in [-0.15, -0.1) is 11.3 Å². The lowest BCUT2D eigenvalue weighted by atomic mass is 10.2. The first-order valence-corrected chi connectivity index (χ1v) is 6.77. The summed E-state index contributed by atoms with van der Waals surface area (Å²) < 4.78 is 0. The van der Waals surface area contributed by atoms with Gasteiger partial charge in [0.25, 0.3) is 0 Å². The normalized spacial score (nSPS) is 19.1. The number of urea groups is 1. The number of aliphatic carboxylic acids is 1. The Hall–Kier alpha value is -1.56. The summed E-state index contributed by atoms with van der Waals surface area (Å²) in [5.41, 5.74) is 1.19. The van der Waals surface area contributed by atoms with Crippen LogP contribution in [0.1, 0.15) is 29.3 Å². The fourth-order valence-corrected chi connectivity index (χ4v) is 3.06. The SMILES string of the molecule is Cc1ccsc1C1CN(CCCC(=O)O)C(=O)N1. The Morgan fingerprint density at radius 2 is 2.44 bits per heavy atom. The van der Waals surface area contributed by atoms with Crippen LogP contribution < -0.4 is 5.32 Å². The Bertz CT molecular complexity index is 458. The van der Waals surface area contributed by atoms with Crippen LogP contribution in [0.25, 0.3) is 0 Å². The molecule has 0 saturated carbocycles. The minimum absolute atomic E-state index is 0.0438. The fraction of sp³-hybridized carbons (Fsp3) is 0.500. The van der Waals surface area contributed by atoms with Crippen molar-refractivity contribution in [2.75, 3.05) is 13.1 Å². The number of carboxylic acids is 1. The molecule has 5 nitrogen and oxygen atoms in total. The molecular weight excluding hydrogens is 252 g/mol. The third-order valence-corrected chi connectivity index (χ3v) is 4.16. The zero-order chi connectivity index (χ0) is 13.1. The van der Waals surface area contributed by atoms with E-state index in [-0.39, 0.29) is 18.5 Å². The number of carboxylic acid groups (broad SMARTS) is 1. The highest BCUT2D eigenvalue weighted by Gasteiger charge is 2.30. The molecule has 18 heavy (non-hydrogen) atoms. The number of hydrogen-bond donors (Lipinski definition) is 2. The Balaban J connectivity index is 1.91. The molecule has 0 radical (unpaired) electrons. The number of rotatable bonds is 5. The molecule has 98 valence electrons. The molecule has 1 fully saturated rings. The number of amides is 2. The molecule has 1 aromatic rings. The number of hydrogen-bond acceptors (Lipinski definition) is 3. The standard InChI is InChI=1S/C12H16N2O3S/c1-8-4-6-18-11(8)9-7-14(12(17)13-9)5-2-3-10(15)16/h4,6,9H,2-3,5,7H2,1H3,(H,13,17)(H,15,16). The maximum absolute atomic E-state index is 11.7. The molecule has 2 N–H and O–H groups in total. The molecule has 1 unspecified atom stereocenters. The molecule has 2 amide bonds. The molecule has 1 saturated heterocycles. The summed E-state index contributed by atoms with van der Waals surface area (Å²) in [6, 6.07) is 1.99. The maximum Gasteiger partial charge on any atom is 0.318 e. The van der Waals surface area contributed by atoms with E-state index in [1.807, 2.05) is 18.4 Å². The molecule has 0 bridgehead atoms. The minimum atomic E-state index is -0.819. The summed E-state index contributed by atoms with van der Waals surface area (Å²) in [6.45, 7) is 3.16. The van der Waals surface area contributed by atoms with Gasteiger partial charge < -0.3 is 15.3 Å². The average Bonchev–Trinajstić information content (AvgIpc) is 2.85. The van der Waals surface area contributed by atoms with Crippen LogP contribution in [-0.4, -0.2) is 35.1 Å². The Morgan fingerprint density at radius 1 is 1.67 bits per heavy atom. The van der Waals surface area contributed by atoms with Gasteiger partial charge in [0.1, 0.15) is 0 Å². The van der Waals surface area contributed by atoms with E-state index in [1.54, 1.807) is 16.2 Å². The first-order chi connectivity index (χ1) is 8.58. The average molecular weight is 268 g/mol. The van der Waals surface area contributed by atoms with Gasteiger partial charge in [0.05, 0.1) is 6.04 Å². The van der Waals surface area contributed by atoms with E-state index in [4.69, 9.17) is 5.11 Å². The largest absolute Gasteiger partial charge is 0.481 e. The van der Waals surface area contributed by atoms with Crippen molar-refractivity contribution < 1.29 is 14.7 Å². The van der Waals surface area contributed by atoms with E-state index in [0.717, 1.165) is 0 Å². The summed E-state index contributed by atoms with van der Waals surface area (Å²) in [7, 11) is 0. The molecular formula is C12H16N2O3S. The van der Waals surface area contributed by atoms with Gasteiger partial charge >= 0.3 is 12.0 Å². The number of carbonyl (C=O) groups is 2. The molecule has 1 aromatic heterocycles. The number of thiophene rings is 1. The predicted molar refractivity (Wildman–Crippen MR) is 68.8 cm³/mol. The lowest BCUT2D eigenvalue weighted by Gasteiger charge is -2.13. The number of aryl methyl sites for hydroxylation is 1. The highest BCUT2D eigenvalue weighted by Crippen LogP contribution is 2.27. The van der Waals surface area contributed by atoms with Crippen LogP contribution in [0.15, 0.2) is 11.4 Å². The van der Waals surface area contributed by atoms with Crippen molar-refractivity contribution in [2.45, 2.75) is 25.8 Å². The van der Waals surface area contributed by atoms with Gasteiger partial charge in [0, 0.05) is 24.4 Å². The van der Waals surface area contributed by atoms with E-state index in [0.29, 0.717) is 19.5 Å². The summed E-state index contributed by atoms with van der Waals surface area (Å²) >= 11 is 1.64. The molecule has 2 heterocycles. The van der Waals surface area contributed by atoms with Gasteiger partial charge in [0.15, 0.2) is 0 Å². The number of carbonyl (C=O) groups excluding carboxylic acids is 1. The monoisotopic (exact) mass is 268 g/mol. The second kappa shape index (κ2) is 5.39. The van der Waals surface area contributed by atoms with Gasteiger partial charge in [-0.05, 0) is 30.4 Å². The molecule has 6 heteroatoms. The molecule has 1 aliphatic rings. The van der Waals surface area contributed by atoms with E-state index in [9.17, 15) is 9.59 Å². The summed E-state index contributed by atoms with van der Waals surface area (Å²) in [5.74, 6) is -0.819. The Morgan fingerprint density at radius 3 is 3.06 bits per heavy atom. The summed E-state index contributed by atoms with van der Waals surface area (Å²) in [5, 5.41) is 13.5. The van der Waals surface area contributed by atoms with Crippen molar-refractivity contribution in [1.82, 2.24) is 10.2 Å². The van der Waals surface area contributed by atoms with Crippen LogP contribution in [0.2, 0.25) is 0 Å². The van der Waals surface area contributed by atoms with Gasteiger partial charge in [-0.25, -0.2) is 4.79 Å². The molecule has 1 atom stereocenters. The third kappa shape index (κ3) is 2.81. The molecule has 0 aliphatic carbocycles. The third-order valence-electron chi connectivity index (χ3n) is 3.02. The lowest BCUT2D eigenvalue weighted by Crippen LogP contribution is -2.29. The van der Waals surface area contributed by atoms with Crippen molar-refractivity contribution in [3.8, 4) is 0 Å². The number of nitrogens with zero attached hydrogens (tertiary/aromatic N) is 1. The summed E-state index contributed by atoms with van der Waals surface area (Å²) in [6.07, 6.45) is 0.603. The van der Waals surface area contributed by atoms with Crippen molar-refractivity contribution in [1.29, 1.82) is 0 Å². The zero-order valence-corrected chi connectivity index (χ0v) is 11.0. The maximum atomic E-state index is 11.7. The predicted octanol–water partition coefficient (Wildman–Crippen LogP) is 1.99. The zero-order valence-electron chi connectivity index (χ0n) is 10.2. The minimum Gasteiger partial charge on any atom is -0.481 e. The van der Waals surface area contributed by atoms with Crippen LogP contribution in [0.4, 0.5) is 4.79 Å². The second-order valence-corrected chi connectivity index (χ2v) is 5.36. The van der Waals surface area contributed by atoms with Gasteiger partial charge in [-0.1, -0.05) is 0 Å². The highest BCUT2D eigenvalue weighted by molar-refractivity contribution is 7.10. The molecule has 0 aromatic carbocycles. The topological polar surface area (TPSA) is 69.6 Å². The van der Waals surface area contributed by atoms with Gasteiger partial charge in [-0.2, -0.15) is 0 Å². The number of nitrogens with one attached hydrogen (secondary N) is 1. The van der Waals surface area contributed by atoms with Crippen molar-refractivity contribution in [3.63, 3.8) is 0 Å². The fourth-order valence-electron chi connectivity index (χ4n) is 2.09. The Kier molecular flexibility index (Phi) is 3.86. The second-order valence-electron chi connectivity index (χ2n) is 4.41. The van der Waals surface area contributed by atoms with Crippen LogP contribution in [0.5, 0.6) is 0 Å². The van der Waals surface area contributed by atoms with Crippen LogP contribution in [-0.2, 0) is 4.79 Å². The van der Waals surface area contributed by atoms with E-state index < -0.39 is 5.97 Å². The molecule has 1 aliphatic heterocycles. The van der Waals surface area contributed by atoms with Crippen molar-refractivity contribution in [3.05, 3.63) is 21.9 Å². The van der Waals surface area contributed by atoms with Crippen molar-refractivity contribution in [2.24, 2.45) is 0 Å². The molecule has 2 rings (SSSR count). The van der Waals surface area contributed by atoms with Crippen LogP contribution in [0.3, 0.4) is 0 Å². The van der Waals surface area contributed by atoms with E-state index in [2.05, 4.69) is 5.32 Å². The first kappa shape index (κ1) is 12.9. The van der Waals surface area contributed by atoms with Crippen LogP contribution >= 0.6 is 11.3 Å². The molecule has 0 spiro atoms. The van der Waals surface area contributed by atoms with E-state index in [1.165, 1.54) is 10.4 Å². The van der Waals surface area contributed by atoms with Crippen molar-refractivity contribution >= 4 is 23.3 Å². The van der Waals surface area contributed by atoms with Gasteiger partial charge in [-0.3, -0.25) is 4.79 Å². The lowest BCUT2D eigenvalue weighted by molar-refractivity contribution is -0.137.